The first-order chi connectivity index (χ1) is 13.4. The lowest BCUT2D eigenvalue weighted by atomic mass is 9.94. The summed E-state index contributed by atoms with van der Waals surface area (Å²) >= 11 is 5.99. The van der Waals surface area contributed by atoms with Gasteiger partial charge in [0.05, 0.1) is 6.04 Å². The molecule has 2 N–H and O–H groups in total. The normalized spacial score (nSPS) is 19.6. The minimum atomic E-state index is -0.119. The Labute approximate surface area is 172 Å². The molecule has 0 aromatic heterocycles. The summed E-state index contributed by atoms with van der Waals surface area (Å²) in [4.78, 5) is 29.5. The largest absolute Gasteiger partial charge is 0.353 e. The van der Waals surface area contributed by atoms with Crippen molar-refractivity contribution in [3.63, 3.8) is 0 Å². The van der Waals surface area contributed by atoms with Crippen LogP contribution in [-0.4, -0.2) is 60.0 Å². The maximum atomic E-state index is 12.9. The second-order valence-electron chi connectivity index (χ2n) is 8.12. The van der Waals surface area contributed by atoms with Gasteiger partial charge in [-0.15, -0.1) is 0 Å². The first kappa shape index (κ1) is 20.9. The van der Waals surface area contributed by atoms with Crippen molar-refractivity contribution in [2.24, 2.45) is 5.92 Å². The first-order valence-electron chi connectivity index (χ1n) is 10.3. The Hall–Kier alpha value is -1.79. The Morgan fingerprint density at radius 3 is 2.39 bits per heavy atom. The van der Waals surface area contributed by atoms with Gasteiger partial charge in [0.25, 0.3) is 0 Å². The van der Waals surface area contributed by atoms with Crippen LogP contribution < -0.4 is 10.6 Å². The smallest absolute Gasteiger partial charge is 0.321 e. The Kier molecular flexibility index (Phi) is 7.18. The van der Waals surface area contributed by atoms with Gasteiger partial charge in [-0.1, -0.05) is 30.5 Å². The van der Waals surface area contributed by atoms with Crippen molar-refractivity contribution in [3.05, 3.63) is 29.3 Å². The van der Waals surface area contributed by atoms with Gasteiger partial charge in [0, 0.05) is 42.9 Å². The van der Waals surface area contributed by atoms with Crippen LogP contribution >= 0.6 is 11.6 Å². The van der Waals surface area contributed by atoms with Gasteiger partial charge >= 0.3 is 6.03 Å². The zero-order chi connectivity index (χ0) is 20.1. The molecule has 7 heteroatoms. The minimum Gasteiger partial charge on any atom is -0.353 e. The molecule has 2 fully saturated rings. The predicted molar refractivity (Wildman–Crippen MR) is 113 cm³/mol. The van der Waals surface area contributed by atoms with Gasteiger partial charge in [0.15, 0.2) is 0 Å². The summed E-state index contributed by atoms with van der Waals surface area (Å²) in [5.41, 5.74) is 0.695. The van der Waals surface area contributed by atoms with Gasteiger partial charge in [-0.25, -0.2) is 4.79 Å². The molecule has 0 unspecified atom stereocenters. The lowest BCUT2D eigenvalue weighted by molar-refractivity contribution is -0.129. The van der Waals surface area contributed by atoms with Crippen molar-refractivity contribution >= 4 is 29.2 Å². The maximum absolute atomic E-state index is 12.9. The van der Waals surface area contributed by atoms with Crippen LogP contribution in [0.25, 0.3) is 0 Å². The lowest BCUT2D eigenvalue weighted by Crippen LogP contribution is -2.59. The fourth-order valence-electron chi connectivity index (χ4n) is 4.29. The number of anilines is 1. The molecule has 1 aliphatic heterocycles. The third kappa shape index (κ3) is 5.39. The molecule has 1 atom stereocenters. The van der Waals surface area contributed by atoms with Crippen molar-refractivity contribution in [1.29, 1.82) is 0 Å². The number of halogens is 1. The molecule has 1 aromatic rings. The molecule has 3 amide bonds. The Morgan fingerprint density at radius 2 is 1.79 bits per heavy atom. The van der Waals surface area contributed by atoms with Crippen molar-refractivity contribution in [2.45, 2.75) is 51.6 Å². The van der Waals surface area contributed by atoms with Gasteiger partial charge in [-0.2, -0.15) is 0 Å². The van der Waals surface area contributed by atoms with E-state index in [0.717, 1.165) is 25.9 Å². The van der Waals surface area contributed by atoms with Crippen LogP contribution in [0.3, 0.4) is 0 Å². The van der Waals surface area contributed by atoms with Crippen LogP contribution in [0.5, 0.6) is 0 Å². The Balaban J connectivity index is 1.58. The number of benzene rings is 1. The van der Waals surface area contributed by atoms with E-state index in [1.54, 1.807) is 12.1 Å². The van der Waals surface area contributed by atoms with E-state index in [1.165, 1.54) is 12.8 Å². The van der Waals surface area contributed by atoms with E-state index in [1.807, 2.05) is 30.9 Å². The first-order valence-corrected chi connectivity index (χ1v) is 10.7. The lowest BCUT2D eigenvalue weighted by Gasteiger charge is -2.41. The highest BCUT2D eigenvalue weighted by Crippen LogP contribution is 2.31. The van der Waals surface area contributed by atoms with Crippen LogP contribution in [0, 0.1) is 5.92 Å². The molecule has 0 spiro atoms. The molecule has 1 aliphatic carbocycles. The SMILES string of the molecule is CC(C)NC(=O)[C@H](C1CCCC1)N1CCN(C(=O)Nc2cccc(Cl)c2)CC1. The Bertz CT molecular complexity index is 683. The average molecular weight is 407 g/mol. The number of rotatable bonds is 5. The number of piperazine rings is 1. The summed E-state index contributed by atoms with van der Waals surface area (Å²) in [7, 11) is 0. The highest BCUT2D eigenvalue weighted by molar-refractivity contribution is 6.30. The fourth-order valence-corrected chi connectivity index (χ4v) is 4.48. The van der Waals surface area contributed by atoms with Crippen molar-refractivity contribution in [3.8, 4) is 0 Å². The zero-order valence-corrected chi connectivity index (χ0v) is 17.5. The number of nitrogens with zero attached hydrogens (tertiary/aromatic N) is 2. The van der Waals surface area contributed by atoms with E-state index in [4.69, 9.17) is 11.6 Å². The van der Waals surface area contributed by atoms with E-state index in [-0.39, 0.29) is 24.0 Å². The van der Waals surface area contributed by atoms with Crippen LogP contribution in [0.2, 0.25) is 5.02 Å². The third-order valence-corrected chi connectivity index (χ3v) is 5.85. The zero-order valence-electron chi connectivity index (χ0n) is 16.8. The van der Waals surface area contributed by atoms with Crippen molar-refractivity contribution in [2.75, 3.05) is 31.5 Å². The van der Waals surface area contributed by atoms with Gasteiger partial charge in [0.2, 0.25) is 5.91 Å². The molecular formula is C21H31ClN4O2. The van der Waals surface area contributed by atoms with Gasteiger partial charge in [-0.05, 0) is 50.8 Å². The van der Waals surface area contributed by atoms with Crippen molar-refractivity contribution < 1.29 is 9.59 Å². The number of amides is 3. The van der Waals surface area contributed by atoms with Crippen LogP contribution in [-0.2, 0) is 4.79 Å². The van der Waals surface area contributed by atoms with Crippen LogP contribution in [0.15, 0.2) is 24.3 Å². The minimum absolute atomic E-state index is 0.0805. The van der Waals surface area contributed by atoms with Gasteiger partial charge < -0.3 is 15.5 Å². The average Bonchev–Trinajstić information content (AvgIpc) is 3.16. The monoisotopic (exact) mass is 406 g/mol. The second kappa shape index (κ2) is 9.61. The summed E-state index contributed by atoms with van der Waals surface area (Å²) in [6.45, 7) is 6.67. The maximum Gasteiger partial charge on any atom is 0.321 e. The molecule has 154 valence electrons. The number of carbonyl (C=O) groups excluding carboxylic acids is 2. The van der Waals surface area contributed by atoms with E-state index < -0.39 is 0 Å². The molecule has 0 bridgehead atoms. The number of hydrogen-bond donors (Lipinski definition) is 2. The molecule has 1 heterocycles. The molecule has 28 heavy (non-hydrogen) atoms. The summed E-state index contributed by atoms with van der Waals surface area (Å²) in [6.07, 6.45) is 4.65. The molecule has 6 nitrogen and oxygen atoms in total. The standard InChI is InChI=1S/C21H31ClN4O2/c1-15(2)23-20(27)19(16-6-3-4-7-16)25-10-12-26(13-11-25)21(28)24-18-9-5-8-17(22)14-18/h5,8-9,14-16,19H,3-4,6-7,10-13H2,1-2H3,(H,23,27)(H,24,28)/t19-/m0/s1. The topological polar surface area (TPSA) is 64.7 Å². The van der Waals surface area contributed by atoms with E-state index in [0.29, 0.717) is 29.7 Å². The summed E-state index contributed by atoms with van der Waals surface area (Å²) in [5, 5.41) is 6.60. The van der Waals surface area contributed by atoms with Crippen LogP contribution in [0.4, 0.5) is 10.5 Å². The molecule has 1 saturated carbocycles. The van der Waals surface area contributed by atoms with Crippen LogP contribution in [0.1, 0.15) is 39.5 Å². The molecular weight excluding hydrogens is 376 g/mol. The Morgan fingerprint density at radius 1 is 1.11 bits per heavy atom. The quantitative estimate of drug-likeness (QED) is 0.785. The molecule has 1 aromatic carbocycles. The molecule has 3 rings (SSSR count). The molecule has 1 saturated heterocycles. The molecule has 2 aliphatic rings. The number of nitrogens with one attached hydrogen (secondary N) is 2. The van der Waals surface area contributed by atoms with E-state index in [2.05, 4.69) is 15.5 Å². The summed E-state index contributed by atoms with van der Waals surface area (Å²) in [5.74, 6) is 0.560. The number of carbonyl (C=O) groups is 2. The van der Waals surface area contributed by atoms with E-state index >= 15 is 0 Å². The summed E-state index contributed by atoms with van der Waals surface area (Å²) < 4.78 is 0. The number of hydrogen-bond acceptors (Lipinski definition) is 3. The van der Waals surface area contributed by atoms with E-state index in [9.17, 15) is 9.59 Å². The molecule has 0 radical (unpaired) electrons. The van der Waals surface area contributed by atoms with Gasteiger partial charge in [-0.3, -0.25) is 9.69 Å². The summed E-state index contributed by atoms with van der Waals surface area (Å²) in [6, 6.07) is 7.10. The fraction of sp³-hybridized carbons (Fsp3) is 0.619. The van der Waals surface area contributed by atoms with Crippen molar-refractivity contribution in [1.82, 2.24) is 15.1 Å². The second-order valence-corrected chi connectivity index (χ2v) is 8.55. The highest BCUT2D eigenvalue weighted by Gasteiger charge is 2.37. The number of urea groups is 1. The predicted octanol–water partition coefficient (Wildman–Crippen LogP) is 3.57. The highest BCUT2D eigenvalue weighted by atomic mass is 35.5. The third-order valence-electron chi connectivity index (χ3n) is 5.62. The van der Waals surface area contributed by atoms with Gasteiger partial charge in [0.1, 0.15) is 0 Å².